The second-order valence-corrected chi connectivity index (χ2v) is 6.71. The summed E-state index contributed by atoms with van der Waals surface area (Å²) in [5, 5.41) is 0.798. The summed E-state index contributed by atoms with van der Waals surface area (Å²) in [5.74, 6) is 0.306. The van der Waals surface area contributed by atoms with E-state index < -0.39 is 0 Å². The second-order valence-electron chi connectivity index (χ2n) is 6.27. The Morgan fingerprint density at radius 3 is 2.36 bits per heavy atom. The molecular weight excluding hydrogens is 298 g/mol. The lowest BCUT2D eigenvalue weighted by atomic mass is 10.2. The minimum Gasteiger partial charge on any atom is -0.342 e. The Hall–Kier alpha value is -1.10. The van der Waals surface area contributed by atoms with Crippen LogP contribution in [0.15, 0.2) is 24.3 Å². The fourth-order valence-corrected chi connectivity index (χ4v) is 3.47. The van der Waals surface area contributed by atoms with Gasteiger partial charge >= 0.3 is 0 Å². The molecule has 1 amide bonds. The molecule has 0 unspecified atom stereocenters. The molecule has 0 aliphatic carbocycles. The van der Waals surface area contributed by atoms with Gasteiger partial charge in [0.1, 0.15) is 0 Å². The van der Waals surface area contributed by atoms with Crippen LogP contribution in [0.25, 0.3) is 0 Å². The number of rotatable bonds is 4. The molecular formula is C17H24ClN3O. The predicted molar refractivity (Wildman–Crippen MR) is 89.0 cm³/mol. The van der Waals surface area contributed by atoms with Crippen LogP contribution in [0.3, 0.4) is 0 Å². The standard InChI is InChI=1S/C17H24ClN3O/c18-16-5-3-4-15(12-16)13-19-8-10-20(11-9-19)14-17(22)21-6-1-2-7-21/h3-5,12H,1-2,6-11,13-14H2. The minimum atomic E-state index is 0.306. The molecule has 0 radical (unpaired) electrons. The summed E-state index contributed by atoms with van der Waals surface area (Å²) in [6.07, 6.45) is 2.33. The highest BCUT2D eigenvalue weighted by molar-refractivity contribution is 6.30. The van der Waals surface area contributed by atoms with Gasteiger partial charge in [-0.3, -0.25) is 14.6 Å². The minimum absolute atomic E-state index is 0.306. The maximum atomic E-state index is 12.2. The Kier molecular flexibility index (Phi) is 5.34. The first kappa shape index (κ1) is 15.8. The van der Waals surface area contributed by atoms with E-state index in [0.29, 0.717) is 12.5 Å². The smallest absolute Gasteiger partial charge is 0.236 e. The van der Waals surface area contributed by atoms with Crippen LogP contribution in [0.4, 0.5) is 0 Å². The largest absolute Gasteiger partial charge is 0.342 e. The van der Waals surface area contributed by atoms with Gasteiger partial charge in [-0.2, -0.15) is 0 Å². The number of carbonyl (C=O) groups is 1. The molecule has 0 bridgehead atoms. The molecule has 2 fully saturated rings. The Morgan fingerprint density at radius 2 is 1.68 bits per heavy atom. The van der Waals surface area contributed by atoms with E-state index in [-0.39, 0.29) is 0 Å². The molecule has 3 rings (SSSR count). The van der Waals surface area contributed by atoms with E-state index in [2.05, 4.69) is 15.9 Å². The average molecular weight is 322 g/mol. The van der Waals surface area contributed by atoms with Crippen LogP contribution < -0.4 is 0 Å². The van der Waals surface area contributed by atoms with Gasteiger partial charge in [0.25, 0.3) is 0 Å². The SMILES string of the molecule is O=C(CN1CCN(Cc2cccc(Cl)c2)CC1)N1CCCC1. The lowest BCUT2D eigenvalue weighted by Gasteiger charge is -2.35. The molecule has 0 N–H and O–H groups in total. The van der Waals surface area contributed by atoms with Gasteiger partial charge in [0.2, 0.25) is 5.91 Å². The molecule has 22 heavy (non-hydrogen) atoms. The number of amides is 1. The maximum Gasteiger partial charge on any atom is 0.236 e. The van der Waals surface area contributed by atoms with Crippen LogP contribution in [0.2, 0.25) is 5.02 Å². The summed E-state index contributed by atoms with van der Waals surface area (Å²) < 4.78 is 0. The lowest BCUT2D eigenvalue weighted by Crippen LogP contribution is -2.49. The molecule has 0 aromatic heterocycles. The zero-order valence-electron chi connectivity index (χ0n) is 13.0. The molecule has 1 aromatic carbocycles. The van der Waals surface area contributed by atoms with Crippen LogP contribution in [0, 0.1) is 0 Å². The monoisotopic (exact) mass is 321 g/mol. The van der Waals surface area contributed by atoms with Gasteiger partial charge in [-0.05, 0) is 30.5 Å². The molecule has 2 aliphatic heterocycles. The number of benzene rings is 1. The number of carbonyl (C=O) groups excluding carboxylic acids is 1. The summed E-state index contributed by atoms with van der Waals surface area (Å²) in [6, 6.07) is 8.07. The molecule has 0 spiro atoms. The van der Waals surface area contributed by atoms with Crippen LogP contribution in [0.5, 0.6) is 0 Å². The van der Waals surface area contributed by atoms with Crippen molar-refractivity contribution in [1.82, 2.24) is 14.7 Å². The summed E-state index contributed by atoms with van der Waals surface area (Å²) in [5.41, 5.74) is 1.26. The van der Waals surface area contributed by atoms with Crippen molar-refractivity contribution in [1.29, 1.82) is 0 Å². The summed E-state index contributed by atoms with van der Waals surface area (Å²) in [7, 11) is 0. The van der Waals surface area contributed by atoms with E-state index in [1.165, 1.54) is 18.4 Å². The lowest BCUT2D eigenvalue weighted by molar-refractivity contribution is -0.131. The Labute approximate surface area is 137 Å². The fraction of sp³-hybridized carbons (Fsp3) is 0.588. The summed E-state index contributed by atoms with van der Waals surface area (Å²) in [6.45, 7) is 7.40. The molecule has 2 saturated heterocycles. The maximum absolute atomic E-state index is 12.2. The van der Waals surface area contributed by atoms with Crippen molar-refractivity contribution in [2.75, 3.05) is 45.8 Å². The molecule has 4 nitrogen and oxygen atoms in total. The quantitative estimate of drug-likeness (QED) is 0.849. The first-order valence-corrected chi connectivity index (χ1v) is 8.55. The number of likely N-dealkylation sites (tertiary alicyclic amines) is 1. The summed E-state index contributed by atoms with van der Waals surface area (Å²) in [4.78, 5) is 18.9. The fourth-order valence-electron chi connectivity index (χ4n) is 3.26. The van der Waals surface area contributed by atoms with E-state index in [1.54, 1.807) is 0 Å². The van der Waals surface area contributed by atoms with Crippen molar-refractivity contribution in [2.24, 2.45) is 0 Å². The van der Waals surface area contributed by atoms with Gasteiger partial charge in [0.05, 0.1) is 6.54 Å². The van der Waals surface area contributed by atoms with Crippen molar-refractivity contribution < 1.29 is 4.79 Å². The van der Waals surface area contributed by atoms with Crippen LogP contribution >= 0.6 is 11.6 Å². The average Bonchev–Trinajstić information content (AvgIpc) is 3.04. The number of hydrogen-bond acceptors (Lipinski definition) is 3. The van der Waals surface area contributed by atoms with E-state index in [9.17, 15) is 4.79 Å². The third-order valence-electron chi connectivity index (χ3n) is 4.58. The van der Waals surface area contributed by atoms with Crippen molar-refractivity contribution in [3.8, 4) is 0 Å². The first-order chi connectivity index (χ1) is 10.7. The molecule has 0 atom stereocenters. The van der Waals surface area contributed by atoms with Gasteiger partial charge in [-0.15, -0.1) is 0 Å². The van der Waals surface area contributed by atoms with Gasteiger partial charge in [-0.1, -0.05) is 23.7 Å². The van der Waals surface area contributed by atoms with Gasteiger partial charge < -0.3 is 4.90 Å². The molecule has 2 heterocycles. The van der Waals surface area contributed by atoms with E-state index in [0.717, 1.165) is 50.8 Å². The predicted octanol–water partition coefficient (Wildman–Crippen LogP) is 2.08. The van der Waals surface area contributed by atoms with Crippen LogP contribution in [-0.4, -0.2) is 66.4 Å². The van der Waals surface area contributed by atoms with Gasteiger partial charge in [0.15, 0.2) is 0 Å². The van der Waals surface area contributed by atoms with Crippen molar-refractivity contribution in [2.45, 2.75) is 19.4 Å². The highest BCUT2D eigenvalue weighted by Crippen LogP contribution is 2.14. The van der Waals surface area contributed by atoms with Gasteiger partial charge in [0, 0.05) is 50.8 Å². The first-order valence-electron chi connectivity index (χ1n) is 8.18. The van der Waals surface area contributed by atoms with E-state index in [1.807, 2.05) is 23.1 Å². The van der Waals surface area contributed by atoms with Crippen LogP contribution in [0.1, 0.15) is 18.4 Å². The molecule has 120 valence electrons. The molecule has 0 saturated carbocycles. The topological polar surface area (TPSA) is 26.8 Å². The van der Waals surface area contributed by atoms with Crippen molar-refractivity contribution in [3.05, 3.63) is 34.9 Å². The summed E-state index contributed by atoms with van der Waals surface area (Å²) >= 11 is 6.04. The molecule has 2 aliphatic rings. The molecule has 1 aromatic rings. The normalized spacial score (nSPS) is 20.5. The third kappa shape index (κ3) is 4.22. The number of halogens is 1. The number of hydrogen-bond donors (Lipinski definition) is 0. The van der Waals surface area contributed by atoms with E-state index >= 15 is 0 Å². The Bertz CT molecular complexity index is 508. The van der Waals surface area contributed by atoms with Crippen molar-refractivity contribution >= 4 is 17.5 Å². The van der Waals surface area contributed by atoms with Crippen molar-refractivity contribution in [3.63, 3.8) is 0 Å². The van der Waals surface area contributed by atoms with Gasteiger partial charge in [-0.25, -0.2) is 0 Å². The second kappa shape index (κ2) is 7.44. The highest BCUT2D eigenvalue weighted by Gasteiger charge is 2.23. The zero-order valence-corrected chi connectivity index (χ0v) is 13.8. The zero-order chi connectivity index (χ0) is 15.4. The Balaban J connectivity index is 1.43. The van der Waals surface area contributed by atoms with E-state index in [4.69, 9.17) is 11.6 Å². The highest BCUT2D eigenvalue weighted by atomic mass is 35.5. The van der Waals surface area contributed by atoms with Crippen LogP contribution in [-0.2, 0) is 11.3 Å². The number of nitrogens with zero attached hydrogens (tertiary/aromatic N) is 3. The Morgan fingerprint density at radius 1 is 1.00 bits per heavy atom. The number of piperazine rings is 1. The third-order valence-corrected chi connectivity index (χ3v) is 4.81. The molecule has 5 heteroatoms.